The molecule has 0 spiro atoms. The molecule has 0 aliphatic carbocycles. The van der Waals surface area contributed by atoms with Crippen molar-refractivity contribution in [3.05, 3.63) is 50.3 Å². The van der Waals surface area contributed by atoms with E-state index in [9.17, 15) is 9.59 Å². The Morgan fingerprint density at radius 1 is 1.55 bits per heavy atom. The van der Waals surface area contributed by atoms with Crippen LogP contribution < -0.4 is 10.2 Å². The third-order valence-electron chi connectivity index (χ3n) is 2.38. The summed E-state index contributed by atoms with van der Waals surface area (Å²) in [7, 11) is 0. The summed E-state index contributed by atoms with van der Waals surface area (Å²) in [6.07, 6.45) is 2.95. The molecule has 0 bridgehead atoms. The number of nitrogens with zero attached hydrogens (tertiary/aromatic N) is 1. The van der Waals surface area contributed by atoms with Crippen LogP contribution in [0, 0.1) is 11.8 Å². The van der Waals surface area contributed by atoms with E-state index in [1.165, 1.54) is 12.4 Å². The van der Waals surface area contributed by atoms with E-state index in [0.29, 0.717) is 16.8 Å². The van der Waals surface area contributed by atoms with E-state index < -0.39 is 0 Å². The fraction of sp³-hybridized carbons (Fsp3) is 0.154. The maximum absolute atomic E-state index is 12.1. The minimum Gasteiger partial charge on any atom is -0.384 e. The van der Waals surface area contributed by atoms with Crippen molar-refractivity contribution in [1.29, 1.82) is 0 Å². The normalized spacial score (nSPS) is 9.65. The van der Waals surface area contributed by atoms with Crippen LogP contribution in [0.2, 0.25) is 0 Å². The van der Waals surface area contributed by atoms with Crippen LogP contribution in [0.4, 0.5) is 0 Å². The molecule has 0 aliphatic rings. The van der Waals surface area contributed by atoms with Gasteiger partial charge in [0, 0.05) is 23.5 Å². The Hall–Kier alpha value is -2.43. The van der Waals surface area contributed by atoms with Gasteiger partial charge in [-0.2, -0.15) is 0 Å². The van der Waals surface area contributed by atoms with Gasteiger partial charge in [0.25, 0.3) is 5.91 Å². The summed E-state index contributed by atoms with van der Waals surface area (Å²) in [4.78, 5) is 29.4. The van der Waals surface area contributed by atoms with Crippen LogP contribution in [0.15, 0.2) is 28.6 Å². The van der Waals surface area contributed by atoms with Crippen molar-refractivity contribution < 1.29 is 9.90 Å². The molecule has 0 unspecified atom stereocenters. The second-order valence-corrected chi connectivity index (χ2v) is 4.58. The molecule has 0 saturated carbocycles. The summed E-state index contributed by atoms with van der Waals surface area (Å²) in [5, 5.41) is 13.0. The van der Waals surface area contributed by atoms with E-state index in [-0.39, 0.29) is 23.9 Å². The number of amides is 1. The lowest BCUT2D eigenvalue weighted by molar-refractivity contribution is 0.0950. The highest BCUT2D eigenvalue weighted by atomic mass is 32.1. The van der Waals surface area contributed by atoms with Gasteiger partial charge < -0.3 is 15.4 Å². The zero-order valence-electron chi connectivity index (χ0n) is 10.3. The number of thiazole rings is 1. The van der Waals surface area contributed by atoms with Crippen LogP contribution in [0.1, 0.15) is 21.6 Å². The summed E-state index contributed by atoms with van der Waals surface area (Å²) < 4.78 is 0. The highest BCUT2D eigenvalue weighted by molar-refractivity contribution is 7.07. The Morgan fingerprint density at radius 3 is 3.10 bits per heavy atom. The Bertz CT molecular complexity index is 724. The number of hydrogen-bond acceptors (Lipinski definition) is 5. The number of rotatable bonds is 3. The predicted octanol–water partition coefficient (Wildman–Crippen LogP) is 0.105. The molecule has 2 aromatic rings. The van der Waals surface area contributed by atoms with Crippen LogP contribution in [0.3, 0.4) is 0 Å². The molecule has 7 heteroatoms. The topological polar surface area (TPSA) is 95.1 Å². The smallest absolute Gasteiger partial charge is 0.304 e. The summed E-state index contributed by atoms with van der Waals surface area (Å²) in [5.74, 6) is 4.83. The summed E-state index contributed by atoms with van der Waals surface area (Å²) in [6, 6.07) is 1.55. The third kappa shape index (κ3) is 3.54. The van der Waals surface area contributed by atoms with E-state index in [0.717, 1.165) is 11.3 Å². The van der Waals surface area contributed by atoms with Gasteiger partial charge in [-0.05, 0) is 6.07 Å². The largest absolute Gasteiger partial charge is 0.384 e. The lowest BCUT2D eigenvalue weighted by Gasteiger charge is -2.05. The maximum Gasteiger partial charge on any atom is 0.304 e. The molecule has 6 nitrogen and oxygen atoms in total. The minimum absolute atomic E-state index is 0.160. The predicted molar refractivity (Wildman–Crippen MR) is 74.3 cm³/mol. The molecule has 20 heavy (non-hydrogen) atoms. The van der Waals surface area contributed by atoms with Gasteiger partial charge in [0.2, 0.25) is 0 Å². The Balaban J connectivity index is 2.11. The van der Waals surface area contributed by atoms with Gasteiger partial charge in [-0.25, -0.2) is 0 Å². The average Bonchev–Trinajstić information content (AvgIpc) is 2.88. The fourth-order valence-electron chi connectivity index (χ4n) is 1.50. The minimum atomic E-state index is -0.318. The second kappa shape index (κ2) is 6.65. The standard InChI is InChI=1S/C13H11N3O3S/c17-5-1-2-9-6-14-4-3-11(9)12(18)15-7-10-8-20-13(19)16-10/h3-4,6,8,17H,5,7H2,(H,15,18)(H,16,19). The number of carbonyl (C=O) groups excluding carboxylic acids is 1. The van der Waals surface area contributed by atoms with Crippen molar-refractivity contribution in [3.63, 3.8) is 0 Å². The molecule has 0 atom stereocenters. The molecule has 102 valence electrons. The quantitative estimate of drug-likeness (QED) is 0.699. The highest BCUT2D eigenvalue weighted by Crippen LogP contribution is 2.06. The first kappa shape index (κ1) is 14.0. The summed E-state index contributed by atoms with van der Waals surface area (Å²) >= 11 is 1.04. The number of aromatic nitrogens is 2. The number of aromatic amines is 1. The van der Waals surface area contributed by atoms with Crippen molar-refractivity contribution in [3.8, 4) is 11.8 Å². The molecule has 3 N–H and O–H groups in total. The molecule has 2 rings (SSSR count). The zero-order valence-corrected chi connectivity index (χ0v) is 11.2. The number of pyridine rings is 1. The molecular formula is C13H11N3O3S. The van der Waals surface area contributed by atoms with Crippen molar-refractivity contribution >= 4 is 17.2 Å². The lowest BCUT2D eigenvalue weighted by atomic mass is 10.1. The first-order valence-corrected chi connectivity index (χ1v) is 6.57. The third-order valence-corrected chi connectivity index (χ3v) is 3.10. The number of H-pyrrole nitrogens is 1. The van der Waals surface area contributed by atoms with Crippen LogP contribution in [0.25, 0.3) is 0 Å². The first-order valence-electron chi connectivity index (χ1n) is 5.69. The van der Waals surface area contributed by atoms with Gasteiger partial charge in [-0.3, -0.25) is 14.6 Å². The summed E-state index contributed by atoms with van der Waals surface area (Å²) in [5.41, 5.74) is 1.46. The van der Waals surface area contributed by atoms with Crippen molar-refractivity contribution in [2.24, 2.45) is 0 Å². The van der Waals surface area contributed by atoms with E-state index >= 15 is 0 Å². The van der Waals surface area contributed by atoms with Gasteiger partial charge >= 0.3 is 4.87 Å². The number of aliphatic hydroxyl groups is 1. The Kier molecular flexibility index (Phi) is 4.65. The van der Waals surface area contributed by atoms with Crippen LogP contribution in [-0.4, -0.2) is 27.6 Å². The molecule has 2 aromatic heterocycles. The molecule has 0 aliphatic heterocycles. The van der Waals surface area contributed by atoms with Crippen LogP contribution in [-0.2, 0) is 6.54 Å². The number of nitrogens with one attached hydrogen (secondary N) is 2. The SMILES string of the molecule is O=C(NCc1csc(=O)[nH]1)c1ccncc1C#CCO. The molecule has 0 radical (unpaired) electrons. The molecule has 0 fully saturated rings. The van der Waals surface area contributed by atoms with Crippen LogP contribution >= 0.6 is 11.3 Å². The van der Waals surface area contributed by atoms with Crippen molar-refractivity contribution in [2.45, 2.75) is 6.54 Å². The molecule has 2 heterocycles. The molecule has 0 aromatic carbocycles. The van der Waals surface area contributed by atoms with Gasteiger partial charge in [-0.1, -0.05) is 23.2 Å². The summed E-state index contributed by atoms with van der Waals surface area (Å²) in [6.45, 7) is -0.0567. The Labute approximate surface area is 118 Å². The molecule has 0 saturated heterocycles. The molecular weight excluding hydrogens is 278 g/mol. The van der Waals surface area contributed by atoms with E-state index in [1.54, 1.807) is 11.4 Å². The number of hydrogen-bond donors (Lipinski definition) is 3. The van der Waals surface area contributed by atoms with E-state index in [2.05, 4.69) is 27.1 Å². The lowest BCUT2D eigenvalue weighted by Crippen LogP contribution is -2.24. The number of carbonyl (C=O) groups is 1. The van der Waals surface area contributed by atoms with Crippen molar-refractivity contribution in [1.82, 2.24) is 15.3 Å². The zero-order chi connectivity index (χ0) is 14.4. The second-order valence-electron chi connectivity index (χ2n) is 3.74. The number of aliphatic hydroxyl groups excluding tert-OH is 1. The first-order chi connectivity index (χ1) is 9.70. The van der Waals surface area contributed by atoms with Gasteiger partial charge in [0.1, 0.15) is 6.61 Å². The highest BCUT2D eigenvalue weighted by Gasteiger charge is 2.10. The van der Waals surface area contributed by atoms with Gasteiger partial charge in [0.15, 0.2) is 0 Å². The monoisotopic (exact) mass is 289 g/mol. The van der Waals surface area contributed by atoms with Crippen LogP contribution in [0.5, 0.6) is 0 Å². The van der Waals surface area contributed by atoms with Gasteiger partial charge in [-0.15, -0.1) is 0 Å². The maximum atomic E-state index is 12.1. The van der Waals surface area contributed by atoms with Gasteiger partial charge in [0.05, 0.1) is 17.7 Å². The van der Waals surface area contributed by atoms with E-state index in [1.807, 2.05) is 0 Å². The molecule has 1 amide bonds. The Morgan fingerprint density at radius 2 is 2.40 bits per heavy atom. The average molecular weight is 289 g/mol. The van der Waals surface area contributed by atoms with Crippen molar-refractivity contribution in [2.75, 3.05) is 6.61 Å². The van der Waals surface area contributed by atoms with E-state index in [4.69, 9.17) is 5.11 Å². The fourth-order valence-corrected chi connectivity index (χ4v) is 2.08.